The van der Waals surface area contributed by atoms with Gasteiger partial charge in [0.1, 0.15) is 0 Å². The Labute approximate surface area is 114 Å². The second-order valence-electron chi connectivity index (χ2n) is 5.30. The molecule has 0 aliphatic carbocycles. The van der Waals surface area contributed by atoms with Crippen LogP contribution >= 0.6 is 0 Å². The summed E-state index contributed by atoms with van der Waals surface area (Å²) < 4.78 is 5.04. The smallest absolute Gasteiger partial charge is 0.340 e. The number of nitrogen functional groups attached to an aromatic ring is 1. The summed E-state index contributed by atoms with van der Waals surface area (Å²) in [5, 5.41) is 0. The molecular formula is C15H22N2O2. The molecule has 0 bridgehead atoms. The maximum Gasteiger partial charge on any atom is 0.340 e. The molecule has 0 saturated carbocycles. The van der Waals surface area contributed by atoms with E-state index >= 15 is 0 Å². The van der Waals surface area contributed by atoms with Crippen molar-refractivity contribution in [1.82, 2.24) is 0 Å². The Hall–Kier alpha value is -1.71. The van der Waals surface area contributed by atoms with E-state index in [0.29, 0.717) is 29.8 Å². The normalized spacial score (nSPS) is 22.6. The lowest BCUT2D eigenvalue weighted by atomic mass is 10.1. The number of esters is 1. The fraction of sp³-hybridized carbons (Fsp3) is 0.533. The molecule has 1 aromatic carbocycles. The first-order valence-corrected chi connectivity index (χ1v) is 6.86. The van der Waals surface area contributed by atoms with E-state index in [9.17, 15) is 4.79 Å². The number of benzene rings is 1. The largest absolute Gasteiger partial charge is 0.462 e. The Kier molecular flexibility index (Phi) is 3.98. The number of hydrogen-bond acceptors (Lipinski definition) is 4. The van der Waals surface area contributed by atoms with Gasteiger partial charge in [0.25, 0.3) is 0 Å². The molecule has 4 heteroatoms. The zero-order valence-electron chi connectivity index (χ0n) is 11.8. The number of para-hydroxylation sites is 1. The molecule has 1 fully saturated rings. The van der Waals surface area contributed by atoms with Gasteiger partial charge in [-0.05, 0) is 38.3 Å². The van der Waals surface area contributed by atoms with Crippen molar-refractivity contribution in [3.05, 3.63) is 23.8 Å². The number of carbonyl (C=O) groups excluding carboxylic acids is 1. The van der Waals surface area contributed by atoms with Crippen molar-refractivity contribution in [1.29, 1.82) is 0 Å². The molecule has 1 aromatic rings. The average Bonchev–Trinajstić information content (AvgIpc) is 2.69. The average molecular weight is 262 g/mol. The molecule has 2 unspecified atom stereocenters. The van der Waals surface area contributed by atoms with Gasteiger partial charge in [-0.1, -0.05) is 13.0 Å². The highest BCUT2D eigenvalue weighted by atomic mass is 16.5. The van der Waals surface area contributed by atoms with Gasteiger partial charge in [0.05, 0.1) is 23.5 Å². The number of rotatable bonds is 3. The third kappa shape index (κ3) is 2.67. The number of ether oxygens (including phenoxy) is 1. The van der Waals surface area contributed by atoms with Crippen LogP contribution < -0.4 is 10.6 Å². The van der Waals surface area contributed by atoms with Crippen LogP contribution in [0.3, 0.4) is 0 Å². The van der Waals surface area contributed by atoms with Crippen molar-refractivity contribution < 1.29 is 9.53 Å². The molecule has 104 valence electrons. The lowest BCUT2D eigenvalue weighted by Gasteiger charge is -2.26. The van der Waals surface area contributed by atoms with E-state index in [1.54, 1.807) is 13.0 Å². The number of anilines is 2. The van der Waals surface area contributed by atoms with Crippen LogP contribution in [0.5, 0.6) is 0 Å². The minimum atomic E-state index is -0.346. The van der Waals surface area contributed by atoms with Crippen LogP contribution in [0.1, 0.15) is 37.6 Å². The standard InChI is InChI=1S/C15H22N2O2/c1-4-19-15(18)12-6-5-7-13(14(12)16)17-9-10(2)8-11(17)3/h5-7,10-11H,4,8-9,16H2,1-3H3. The van der Waals surface area contributed by atoms with Crippen molar-refractivity contribution in [2.45, 2.75) is 33.2 Å². The van der Waals surface area contributed by atoms with Crippen LogP contribution in [-0.2, 0) is 4.74 Å². The summed E-state index contributed by atoms with van der Waals surface area (Å²) in [6.07, 6.45) is 1.16. The van der Waals surface area contributed by atoms with Crippen molar-refractivity contribution in [2.75, 3.05) is 23.8 Å². The van der Waals surface area contributed by atoms with E-state index in [4.69, 9.17) is 10.5 Å². The lowest BCUT2D eigenvalue weighted by molar-refractivity contribution is 0.0527. The van der Waals surface area contributed by atoms with E-state index < -0.39 is 0 Å². The summed E-state index contributed by atoms with van der Waals surface area (Å²) in [6, 6.07) is 6.02. The van der Waals surface area contributed by atoms with Gasteiger partial charge in [-0.15, -0.1) is 0 Å². The molecule has 0 aromatic heterocycles. The first-order chi connectivity index (χ1) is 9.04. The van der Waals surface area contributed by atoms with Gasteiger partial charge in [-0.25, -0.2) is 4.79 Å². The fourth-order valence-corrected chi connectivity index (χ4v) is 2.83. The van der Waals surface area contributed by atoms with Crippen LogP contribution in [0.4, 0.5) is 11.4 Å². The molecule has 1 heterocycles. The topological polar surface area (TPSA) is 55.6 Å². The van der Waals surface area contributed by atoms with Crippen molar-refractivity contribution in [2.24, 2.45) is 5.92 Å². The molecule has 1 saturated heterocycles. The SMILES string of the molecule is CCOC(=O)c1cccc(N2CC(C)CC2C)c1N. The van der Waals surface area contributed by atoms with Gasteiger partial charge in [0, 0.05) is 12.6 Å². The number of hydrogen-bond donors (Lipinski definition) is 1. The zero-order chi connectivity index (χ0) is 14.0. The van der Waals surface area contributed by atoms with E-state index in [1.165, 1.54) is 0 Å². The van der Waals surface area contributed by atoms with E-state index in [-0.39, 0.29) is 5.97 Å². The first kappa shape index (κ1) is 13.7. The van der Waals surface area contributed by atoms with Crippen LogP contribution in [0.15, 0.2) is 18.2 Å². The third-order valence-electron chi connectivity index (χ3n) is 3.67. The molecule has 2 atom stereocenters. The quantitative estimate of drug-likeness (QED) is 0.672. The van der Waals surface area contributed by atoms with Gasteiger partial charge in [-0.2, -0.15) is 0 Å². The Morgan fingerprint density at radius 1 is 1.47 bits per heavy atom. The monoisotopic (exact) mass is 262 g/mol. The summed E-state index contributed by atoms with van der Waals surface area (Å²) in [6.45, 7) is 7.57. The number of carbonyl (C=O) groups is 1. The Morgan fingerprint density at radius 3 is 2.79 bits per heavy atom. The Bertz CT molecular complexity index is 473. The Balaban J connectivity index is 2.32. The highest BCUT2D eigenvalue weighted by molar-refractivity contribution is 5.98. The van der Waals surface area contributed by atoms with E-state index in [1.807, 2.05) is 12.1 Å². The van der Waals surface area contributed by atoms with E-state index in [0.717, 1.165) is 18.7 Å². The van der Waals surface area contributed by atoms with Crippen molar-refractivity contribution in [3.63, 3.8) is 0 Å². The molecule has 19 heavy (non-hydrogen) atoms. The molecular weight excluding hydrogens is 240 g/mol. The molecule has 1 aliphatic heterocycles. The van der Waals surface area contributed by atoms with Gasteiger partial charge in [-0.3, -0.25) is 0 Å². The fourth-order valence-electron chi connectivity index (χ4n) is 2.83. The van der Waals surface area contributed by atoms with Crippen molar-refractivity contribution in [3.8, 4) is 0 Å². The van der Waals surface area contributed by atoms with Crippen molar-refractivity contribution >= 4 is 17.3 Å². The predicted octanol–water partition coefficient (Wildman–Crippen LogP) is 2.68. The minimum Gasteiger partial charge on any atom is -0.462 e. The van der Waals surface area contributed by atoms with Crippen LogP contribution in [0, 0.1) is 5.92 Å². The first-order valence-electron chi connectivity index (χ1n) is 6.86. The minimum absolute atomic E-state index is 0.346. The highest BCUT2D eigenvalue weighted by Crippen LogP contribution is 2.34. The number of nitrogens with zero attached hydrogens (tertiary/aromatic N) is 1. The molecule has 1 aliphatic rings. The van der Waals surface area contributed by atoms with Gasteiger partial charge in [0.2, 0.25) is 0 Å². The van der Waals surface area contributed by atoms with Gasteiger partial charge >= 0.3 is 5.97 Å². The zero-order valence-corrected chi connectivity index (χ0v) is 11.8. The highest BCUT2D eigenvalue weighted by Gasteiger charge is 2.28. The van der Waals surface area contributed by atoms with Crippen LogP contribution in [0.2, 0.25) is 0 Å². The maximum absolute atomic E-state index is 11.9. The van der Waals surface area contributed by atoms with Crippen LogP contribution in [0.25, 0.3) is 0 Å². The van der Waals surface area contributed by atoms with E-state index in [2.05, 4.69) is 18.7 Å². The summed E-state index contributed by atoms with van der Waals surface area (Å²) in [7, 11) is 0. The summed E-state index contributed by atoms with van der Waals surface area (Å²) in [4.78, 5) is 14.1. The Morgan fingerprint density at radius 2 is 2.21 bits per heavy atom. The molecule has 2 N–H and O–H groups in total. The molecule has 2 rings (SSSR count). The lowest BCUT2D eigenvalue weighted by Crippen LogP contribution is -2.28. The molecule has 0 radical (unpaired) electrons. The third-order valence-corrected chi connectivity index (χ3v) is 3.67. The summed E-state index contributed by atoms with van der Waals surface area (Å²) in [5.74, 6) is 0.308. The maximum atomic E-state index is 11.9. The second kappa shape index (κ2) is 5.51. The predicted molar refractivity (Wildman–Crippen MR) is 77.4 cm³/mol. The molecule has 4 nitrogen and oxygen atoms in total. The summed E-state index contributed by atoms with van der Waals surface area (Å²) in [5.41, 5.74) is 8.10. The van der Waals surface area contributed by atoms with Gasteiger partial charge < -0.3 is 15.4 Å². The van der Waals surface area contributed by atoms with Gasteiger partial charge in [0.15, 0.2) is 0 Å². The van der Waals surface area contributed by atoms with Crippen LogP contribution in [-0.4, -0.2) is 25.2 Å². The second-order valence-corrected chi connectivity index (χ2v) is 5.30. The number of nitrogens with two attached hydrogens (primary N) is 1. The summed E-state index contributed by atoms with van der Waals surface area (Å²) >= 11 is 0. The molecule has 0 amide bonds. The molecule has 0 spiro atoms.